The van der Waals surface area contributed by atoms with Crippen molar-refractivity contribution in [3.63, 3.8) is 0 Å². The van der Waals surface area contributed by atoms with E-state index in [2.05, 4.69) is 36.5 Å². The monoisotopic (exact) mass is 506 g/mol. The van der Waals surface area contributed by atoms with Crippen LogP contribution in [0.5, 0.6) is 0 Å². The highest BCUT2D eigenvalue weighted by Crippen LogP contribution is 2.25. The van der Waals surface area contributed by atoms with Gasteiger partial charge in [-0.15, -0.1) is 11.8 Å². The van der Waals surface area contributed by atoms with Crippen molar-refractivity contribution < 1.29 is 9.59 Å². The van der Waals surface area contributed by atoms with E-state index in [1.54, 1.807) is 35.7 Å². The molecule has 33 heavy (non-hydrogen) atoms. The van der Waals surface area contributed by atoms with E-state index in [1.165, 1.54) is 12.0 Å². The van der Waals surface area contributed by atoms with Gasteiger partial charge in [0, 0.05) is 29.7 Å². The number of amides is 2. The number of nitrogens with zero attached hydrogens (tertiary/aromatic N) is 1. The van der Waals surface area contributed by atoms with Crippen LogP contribution in [0.2, 0.25) is 10.0 Å². The Morgan fingerprint density at radius 3 is 2.42 bits per heavy atom. The second kappa shape index (κ2) is 12.7. The molecule has 4 nitrogen and oxygen atoms in total. The van der Waals surface area contributed by atoms with Gasteiger partial charge in [-0.3, -0.25) is 9.59 Å². The van der Waals surface area contributed by atoms with Crippen LogP contribution in [-0.2, 0) is 16.1 Å². The maximum Gasteiger partial charge on any atom is 0.242 e. The van der Waals surface area contributed by atoms with Crippen molar-refractivity contribution in [2.45, 2.75) is 75.9 Å². The fourth-order valence-electron chi connectivity index (χ4n) is 4.02. The Morgan fingerprint density at radius 1 is 1.06 bits per heavy atom. The van der Waals surface area contributed by atoms with Crippen molar-refractivity contribution in [3.8, 4) is 0 Å². The van der Waals surface area contributed by atoms with Gasteiger partial charge in [-0.2, -0.15) is 0 Å². The third-order valence-corrected chi connectivity index (χ3v) is 7.81. The minimum atomic E-state index is -0.571. The van der Waals surface area contributed by atoms with E-state index in [1.807, 2.05) is 6.07 Å². The van der Waals surface area contributed by atoms with Crippen molar-refractivity contribution >= 4 is 46.8 Å². The molecule has 0 aromatic heterocycles. The molecule has 0 aliphatic heterocycles. The molecule has 1 N–H and O–H groups in total. The first kappa shape index (κ1) is 25.9. The average Bonchev–Trinajstić information content (AvgIpc) is 2.81. The van der Waals surface area contributed by atoms with E-state index in [0.29, 0.717) is 28.8 Å². The van der Waals surface area contributed by atoms with Gasteiger partial charge in [-0.1, -0.05) is 66.2 Å². The first-order chi connectivity index (χ1) is 15.8. The van der Waals surface area contributed by atoms with Crippen molar-refractivity contribution in [2.24, 2.45) is 0 Å². The third kappa shape index (κ3) is 7.94. The Morgan fingerprint density at radius 2 is 1.76 bits per heavy atom. The lowest BCUT2D eigenvalue weighted by Crippen LogP contribution is -2.50. The van der Waals surface area contributed by atoms with Gasteiger partial charge < -0.3 is 10.2 Å². The molecule has 1 aliphatic carbocycles. The molecule has 178 valence electrons. The zero-order valence-electron chi connectivity index (χ0n) is 19.3. The number of carbonyl (C=O) groups excluding carboxylic acids is 2. The van der Waals surface area contributed by atoms with Crippen molar-refractivity contribution in [2.75, 3.05) is 5.75 Å². The van der Waals surface area contributed by atoms with Crippen molar-refractivity contribution in [1.82, 2.24) is 10.2 Å². The summed E-state index contributed by atoms with van der Waals surface area (Å²) in [5.74, 6) is 0.505. The number of halogens is 2. The number of hydrogen-bond acceptors (Lipinski definition) is 3. The van der Waals surface area contributed by atoms with Crippen LogP contribution >= 0.6 is 35.0 Å². The lowest BCUT2D eigenvalue weighted by Gasteiger charge is -2.31. The predicted molar refractivity (Wildman–Crippen MR) is 138 cm³/mol. The molecule has 0 radical (unpaired) electrons. The SMILES string of the molecule is Cc1ccc(SCCC(=O)N(Cc2ccc(Cl)c(Cl)c2)C(C)C(=O)NC2CCCCC2)cc1. The summed E-state index contributed by atoms with van der Waals surface area (Å²) in [6.07, 6.45) is 5.87. The molecule has 0 spiro atoms. The highest BCUT2D eigenvalue weighted by atomic mass is 35.5. The van der Waals surface area contributed by atoms with Crippen LogP contribution in [0, 0.1) is 6.92 Å². The van der Waals surface area contributed by atoms with Crippen LogP contribution in [-0.4, -0.2) is 34.6 Å². The average molecular weight is 508 g/mol. The summed E-state index contributed by atoms with van der Waals surface area (Å²) in [5, 5.41) is 4.07. The summed E-state index contributed by atoms with van der Waals surface area (Å²) in [7, 11) is 0. The van der Waals surface area contributed by atoms with Gasteiger partial charge in [-0.25, -0.2) is 0 Å². The summed E-state index contributed by atoms with van der Waals surface area (Å²) in [5.41, 5.74) is 2.06. The quantitative estimate of drug-likeness (QED) is 0.387. The molecule has 1 saturated carbocycles. The second-order valence-corrected chi connectivity index (χ2v) is 10.7. The maximum absolute atomic E-state index is 13.3. The number of thioether (sulfide) groups is 1. The number of carbonyl (C=O) groups is 2. The summed E-state index contributed by atoms with van der Waals surface area (Å²) >= 11 is 13.9. The molecule has 0 bridgehead atoms. The van der Waals surface area contributed by atoms with Crippen LogP contribution in [0.3, 0.4) is 0 Å². The van der Waals surface area contributed by atoms with Crippen molar-refractivity contribution in [1.29, 1.82) is 0 Å². The van der Waals surface area contributed by atoms with E-state index < -0.39 is 6.04 Å². The largest absolute Gasteiger partial charge is 0.352 e. The standard InChI is InChI=1S/C26H32Cl2N2O2S/c1-18-8-11-22(12-9-18)33-15-14-25(31)30(17-20-10-13-23(27)24(28)16-20)19(2)26(32)29-21-6-4-3-5-7-21/h8-13,16,19,21H,3-7,14-15,17H2,1-2H3,(H,29,32). The minimum Gasteiger partial charge on any atom is -0.352 e. The Hall–Kier alpha value is -1.69. The lowest BCUT2D eigenvalue weighted by molar-refractivity contribution is -0.140. The summed E-state index contributed by atoms with van der Waals surface area (Å²) in [6.45, 7) is 4.17. The minimum absolute atomic E-state index is 0.0491. The molecule has 2 aromatic rings. The van der Waals surface area contributed by atoms with Crippen LogP contribution < -0.4 is 5.32 Å². The van der Waals surface area contributed by atoms with Crippen LogP contribution in [0.4, 0.5) is 0 Å². The molecule has 0 saturated heterocycles. The van der Waals surface area contributed by atoms with Crippen molar-refractivity contribution in [3.05, 3.63) is 63.6 Å². The highest BCUT2D eigenvalue weighted by Gasteiger charge is 2.28. The van der Waals surface area contributed by atoms with Gasteiger partial charge in [-0.05, 0) is 56.5 Å². The fourth-order valence-corrected chi connectivity index (χ4v) is 5.18. The smallest absolute Gasteiger partial charge is 0.242 e. The topological polar surface area (TPSA) is 49.4 Å². The summed E-state index contributed by atoms with van der Waals surface area (Å²) < 4.78 is 0. The number of aryl methyl sites for hydroxylation is 1. The molecule has 1 unspecified atom stereocenters. The first-order valence-electron chi connectivity index (χ1n) is 11.6. The Labute approximate surface area is 211 Å². The van der Waals surface area contributed by atoms with Gasteiger partial charge in [0.25, 0.3) is 0 Å². The van der Waals surface area contributed by atoms with Gasteiger partial charge in [0.2, 0.25) is 11.8 Å². The Bertz CT molecular complexity index is 946. The number of nitrogens with one attached hydrogen (secondary N) is 1. The molecule has 3 rings (SSSR count). The van der Waals surface area contributed by atoms with Gasteiger partial charge in [0.15, 0.2) is 0 Å². The molecule has 1 fully saturated rings. The molecular weight excluding hydrogens is 475 g/mol. The number of hydrogen-bond donors (Lipinski definition) is 1. The zero-order chi connectivity index (χ0) is 23.8. The van der Waals surface area contributed by atoms with Crippen LogP contribution in [0.1, 0.15) is 56.6 Å². The van der Waals surface area contributed by atoms with E-state index in [9.17, 15) is 9.59 Å². The zero-order valence-corrected chi connectivity index (χ0v) is 21.6. The molecular formula is C26H32Cl2N2O2S. The maximum atomic E-state index is 13.3. The van der Waals surface area contributed by atoms with Gasteiger partial charge in [0.1, 0.15) is 6.04 Å². The van der Waals surface area contributed by atoms with E-state index >= 15 is 0 Å². The van der Waals surface area contributed by atoms with Gasteiger partial charge >= 0.3 is 0 Å². The van der Waals surface area contributed by atoms with Crippen LogP contribution in [0.15, 0.2) is 47.4 Å². The van der Waals surface area contributed by atoms with E-state index in [0.717, 1.165) is 36.1 Å². The molecule has 7 heteroatoms. The molecule has 2 aromatic carbocycles. The summed E-state index contributed by atoms with van der Waals surface area (Å²) in [6, 6.07) is 13.2. The van der Waals surface area contributed by atoms with Crippen LogP contribution in [0.25, 0.3) is 0 Å². The highest BCUT2D eigenvalue weighted by molar-refractivity contribution is 7.99. The van der Waals surface area contributed by atoms with Gasteiger partial charge in [0.05, 0.1) is 10.0 Å². The number of benzene rings is 2. The lowest BCUT2D eigenvalue weighted by atomic mass is 9.95. The summed E-state index contributed by atoms with van der Waals surface area (Å²) in [4.78, 5) is 29.1. The number of rotatable bonds is 9. The normalized spacial score (nSPS) is 15.2. The first-order valence-corrected chi connectivity index (χ1v) is 13.3. The third-order valence-electron chi connectivity index (χ3n) is 6.06. The molecule has 1 aliphatic rings. The van der Waals surface area contributed by atoms with E-state index in [-0.39, 0.29) is 17.9 Å². The fraction of sp³-hybridized carbons (Fsp3) is 0.462. The Kier molecular flexibility index (Phi) is 9.96. The predicted octanol–water partition coefficient (Wildman–Crippen LogP) is 6.65. The Balaban J connectivity index is 1.67. The van der Waals surface area contributed by atoms with E-state index in [4.69, 9.17) is 23.2 Å². The molecule has 1 atom stereocenters. The second-order valence-electron chi connectivity index (χ2n) is 8.70. The molecule has 2 amide bonds. The molecule has 0 heterocycles.